The molecule has 3 nitrogen and oxygen atoms in total. The number of benzene rings is 1. The molecule has 0 radical (unpaired) electrons. The van der Waals surface area contributed by atoms with Crippen LogP contribution in [0.1, 0.15) is 13.8 Å². The number of hydrogen-bond acceptors (Lipinski definition) is 3. The summed E-state index contributed by atoms with van der Waals surface area (Å²) < 4.78 is 6.45. The van der Waals surface area contributed by atoms with Crippen LogP contribution in [0.4, 0.5) is 0 Å². The summed E-state index contributed by atoms with van der Waals surface area (Å²) in [4.78, 5) is 0. The topological polar surface area (TPSA) is 41.5 Å². The molecular formula is C14H18BrNO2. The smallest absolute Gasteiger partial charge is 0.119 e. The molecule has 98 valence electrons. The maximum Gasteiger partial charge on any atom is 0.119 e. The zero-order valence-corrected chi connectivity index (χ0v) is 12.2. The summed E-state index contributed by atoms with van der Waals surface area (Å²) in [6.07, 6.45) is 4.75. The molecule has 1 aromatic carbocycles. The minimum Gasteiger partial charge on any atom is -0.491 e. The van der Waals surface area contributed by atoms with Crippen LogP contribution < -0.4 is 10.1 Å². The molecule has 1 rings (SSSR count). The molecule has 0 amide bonds. The molecular weight excluding hydrogens is 294 g/mol. The molecule has 0 fully saturated rings. The highest BCUT2D eigenvalue weighted by molar-refractivity contribution is 9.10. The standard InChI is InChI=1S/C14H18BrNO2/c1-4-14(2,3)16-9-12(17)10-18-13-7-5-11(15)6-8-13/h1,5-8,12,16-17H,9-10H2,2-3H3. The van der Waals surface area contributed by atoms with Crippen molar-refractivity contribution in [1.29, 1.82) is 0 Å². The molecule has 0 aliphatic carbocycles. The van der Waals surface area contributed by atoms with Crippen molar-refractivity contribution in [3.05, 3.63) is 28.7 Å². The SMILES string of the molecule is C#CC(C)(C)NCC(O)COc1ccc(Br)cc1. The van der Waals surface area contributed by atoms with Gasteiger partial charge in [-0.1, -0.05) is 21.9 Å². The third kappa shape index (κ3) is 5.54. The highest BCUT2D eigenvalue weighted by Gasteiger charge is 2.15. The largest absolute Gasteiger partial charge is 0.491 e. The monoisotopic (exact) mass is 311 g/mol. The Labute approximate surface area is 117 Å². The molecule has 0 aromatic heterocycles. The van der Waals surface area contributed by atoms with Gasteiger partial charge in [-0.15, -0.1) is 6.42 Å². The fraction of sp³-hybridized carbons (Fsp3) is 0.429. The molecule has 1 aromatic rings. The second-order valence-electron chi connectivity index (χ2n) is 4.57. The van der Waals surface area contributed by atoms with E-state index in [1.807, 2.05) is 38.1 Å². The number of halogens is 1. The first-order chi connectivity index (χ1) is 8.43. The van der Waals surface area contributed by atoms with Crippen LogP contribution in [0.15, 0.2) is 28.7 Å². The summed E-state index contributed by atoms with van der Waals surface area (Å²) in [5, 5.41) is 12.8. The normalized spacial score (nSPS) is 12.8. The van der Waals surface area contributed by atoms with E-state index in [1.165, 1.54) is 0 Å². The van der Waals surface area contributed by atoms with Gasteiger partial charge in [0.25, 0.3) is 0 Å². The summed E-state index contributed by atoms with van der Waals surface area (Å²) in [7, 11) is 0. The van der Waals surface area contributed by atoms with Crippen LogP contribution in [0.3, 0.4) is 0 Å². The lowest BCUT2D eigenvalue weighted by molar-refractivity contribution is 0.102. The number of ether oxygens (including phenoxy) is 1. The van der Waals surface area contributed by atoms with E-state index < -0.39 is 11.6 Å². The van der Waals surface area contributed by atoms with E-state index >= 15 is 0 Å². The maximum absolute atomic E-state index is 9.76. The molecule has 0 saturated carbocycles. The van der Waals surface area contributed by atoms with E-state index in [-0.39, 0.29) is 6.61 Å². The molecule has 1 atom stereocenters. The zero-order valence-electron chi connectivity index (χ0n) is 10.6. The Kier molecular flexibility index (Phi) is 5.67. The van der Waals surface area contributed by atoms with Crippen LogP contribution in [0, 0.1) is 12.3 Å². The van der Waals surface area contributed by atoms with Crippen molar-refractivity contribution in [1.82, 2.24) is 5.32 Å². The first-order valence-corrected chi connectivity index (χ1v) is 6.51. The second-order valence-corrected chi connectivity index (χ2v) is 5.48. The van der Waals surface area contributed by atoms with Crippen molar-refractivity contribution in [3.8, 4) is 18.1 Å². The van der Waals surface area contributed by atoms with Crippen molar-refractivity contribution in [2.75, 3.05) is 13.2 Å². The predicted octanol–water partition coefficient (Wildman–Crippen LogP) is 2.19. The first kappa shape index (κ1) is 15.0. The summed E-state index contributed by atoms with van der Waals surface area (Å²) in [6.45, 7) is 4.40. The highest BCUT2D eigenvalue weighted by Crippen LogP contribution is 2.16. The van der Waals surface area contributed by atoms with Gasteiger partial charge in [-0.2, -0.15) is 0 Å². The van der Waals surface area contributed by atoms with Gasteiger partial charge in [-0.05, 0) is 38.1 Å². The summed E-state index contributed by atoms with van der Waals surface area (Å²) >= 11 is 3.35. The lowest BCUT2D eigenvalue weighted by Gasteiger charge is -2.22. The summed E-state index contributed by atoms with van der Waals surface area (Å²) in [5.41, 5.74) is -0.418. The maximum atomic E-state index is 9.76. The van der Waals surface area contributed by atoms with Crippen LogP contribution in [-0.2, 0) is 0 Å². The fourth-order valence-corrected chi connectivity index (χ4v) is 1.47. The molecule has 0 bridgehead atoms. The lowest BCUT2D eigenvalue weighted by atomic mass is 10.1. The van der Waals surface area contributed by atoms with Gasteiger partial charge < -0.3 is 9.84 Å². The van der Waals surface area contributed by atoms with Gasteiger partial charge >= 0.3 is 0 Å². The Morgan fingerprint density at radius 1 is 1.44 bits per heavy atom. The van der Waals surface area contributed by atoms with E-state index in [1.54, 1.807) is 0 Å². The second kappa shape index (κ2) is 6.79. The Balaban J connectivity index is 2.31. The van der Waals surface area contributed by atoms with Crippen molar-refractivity contribution in [2.24, 2.45) is 0 Å². The number of aliphatic hydroxyl groups is 1. The minimum atomic E-state index is -0.596. The van der Waals surface area contributed by atoms with Crippen molar-refractivity contribution in [2.45, 2.75) is 25.5 Å². The van der Waals surface area contributed by atoms with E-state index in [0.29, 0.717) is 6.54 Å². The fourth-order valence-electron chi connectivity index (χ4n) is 1.21. The number of aliphatic hydroxyl groups excluding tert-OH is 1. The van der Waals surface area contributed by atoms with Gasteiger partial charge in [-0.25, -0.2) is 0 Å². The van der Waals surface area contributed by atoms with Gasteiger partial charge in [0.15, 0.2) is 0 Å². The average Bonchev–Trinajstić information content (AvgIpc) is 2.36. The van der Waals surface area contributed by atoms with Gasteiger partial charge in [-0.3, -0.25) is 5.32 Å². The Morgan fingerprint density at radius 3 is 2.61 bits per heavy atom. The van der Waals surface area contributed by atoms with Crippen LogP contribution in [0.25, 0.3) is 0 Å². The van der Waals surface area contributed by atoms with E-state index in [0.717, 1.165) is 10.2 Å². The minimum absolute atomic E-state index is 0.231. The first-order valence-electron chi connectivity index (χ1n) is 5.72. The zero-order chi connectivity index (χ0) is 13.6. The number of rotatable bonds is 6. The Bertz CT molecular complexity index is 409. The van der Waals surface area contributed by atoms with Gasteiger partial charge in [0, 0.05) is 11.0 Å². The molecule has 18 heavy (non-hydrogen) atoms. The van der Waals surface area contributed by atoms with Gasteiger partial charge in [0.2, 0.25) is 0 Å². The summed E-state index contributed by atoms with van der Waals surface area (Å²) in [6, 6.07) is 7.47. The molecule has 0 saturated heterocycles. The van der Waals surface area contributed by atoms with Gasteiger partial charge in [0.05, 0.1) is 5.54 Å². The molecule has 4 heteroatoms. The lowest BCUT2D eigenvalue weighted by Crippen LogP contribution is -2.43. The van der Waals surface area contributed by atoms with Crippen LogP contribution in [-0.4, -0.2) is 29.9 Å². The summed E-state index contributed by atoms with van der Waals surface area (Å²) in [5.74, 6) is 3.34. The van der Waals surface area contributed by atoms with Crippen molar-refractivity contribution >= 4 is 15.9 Å². The third-order valence-electron chi connectivity index (χ3n) is 2.40. The Hall–Kier alpha value is -1.02. The van der Waals surface area contributed by atoms with Crippen molar-refractivity contribution in [3.63, 3.8) is 0 Å². The quantitative estimate of drug-likeness (QED) is 0.791. The van der Waals surface area contributed by atoms with E-state index in [9.17, 15) is 5.11 Å². The Morgan fingerprint density at radius 2 is 2.06 bits per heavy atom. The molecule has 0 spiro atoms. The number of β-amino-alcohol motifs (C(OH)–C–C–N with tert-alkyl or cyclic N) is 1. The number of terminal acetylenes is 1. The highest BCUT2D eigenvalue weighted by atomic mass is 79.9. The third-order valence-corrected chi connectivity index (χ3v) is 2.93. The predicted molar refractivity (Wildman–Crippen MR) is 76.6 cm³/mol. The molecule has 1 unspecified atom stereocenters. The van der Waals surface area contributed by atoms with Gasteiger partial charge in [0.1, 0.15) is 18.5 Å². The molecule has 0 aliphatic rings. The van der Waals surface area contributed by atoms with Crippen LogP contribution >= 0.6 is 15.9 Å². The molecule has 0 aliphatic heterocycles. The number of nitrogens with one attached hydrogen (secondary N) is 1. The molecule has 0 heterocycles. The van der Waals surface area contributed by atoms with Crippen LogP contribution in [0.5, 0.6) is 5.75 Å². The van der Waals surface area contributed by atoms with E-state index in [4.69, 9.17) is 11.2 Å². The number of hydrogen-bond donors (Lipinski definition) is 2. The van der Waals surface area contributed by atoms with E-state index in [2.05, 4.69) is 27.2 Å². The average molecular weight is 312 g/mol. The van der Waals surface area contributed by atoms with Crippen molar-refractivity contribution < 1.29 is 9.84 Å². The van der Waals surface area contributed by atoms with Crippen LogP contribution in [0.2, 0.25) is 0 Å². The molecule has 2 N–H and O–H groups in total.